The van der Waals surface area contributed by atoms with Crippen LogP contribution in [-0.2, 0) is 4.79 Å². The third-order valence-corrected chi connectivity index (χ3v) is 3.48. The number of ether oxygens (including phenoxy) is 2. The zero-order valence-electron chi connectivity index (χ0n) is 12.2. The average Bonchev–Trinajstić information content (AvgIpc) is 2.50. The first kappa shape index (κ1) is 16.3. The predicted molar refractivity (Wildman–Crippen MR) is 94.7 cm³/mol. The molecule has 6 heteroatoms. The van der Waals surface area contributed by atoms with Crippen molar-refractivity contribution in [3.63, 3.8) is 0 Å². The summed E-state index contributed by atoms with van der Waals surface area (Å²) < 4.78 is 11.2. The lowest BCUT2D eigenvalue weighted by molar-refractivity contribution is -0.132. The van der Waals surface area contributed by atoms with Crippen molar-refractivity contribution < 1.29 is 14.3 Å². The fourth-order valence-corrected chi connectivity index (χ4v) is 2.49. The number of para-hydroxylation sites is 1. The van der Waals surface area contributed by atoms with Crippen LogP contribution in [0.2, 0.25) is 0 Å². The molecular weight excluding hydrogens is 395 g/mol. The van der Waals surface area contributed by atoms with Gasteiger partial charge in [-0.2, -0.15) is 5.10 Å². The highest BCUT2D eigenvalue weighted by Crippen LogP contribution is 2.33. The largest absolute Gasteiger partial charge is 0.493 e. The van der Waals surface area contributed by atoms with Gasteiger partial charge in [-0.25, -0.2) is 0 Å². The van der Waals surface area contributed by atoms with Crippen molar-refractivity contribution in [2.75, 3.05) is 12.5 Å². The number of hydrazone groups is 1. The van der Waals surface area contributed by atoms with E-state index in [0.717, 1.165) is 14.8 Å². The molecule has 0 unspecified atom stereocenters. The monoisotopic (exact) mass is 410 g/mol. The van der Waals surface area contributed by atoms with Crippen molar-refractivity contribution in [3.05, 3.63) is 51.6 Å². The lowest BCUT2D eigenvalue weighted by Gasteiger charge is -2.10. The number of benzene rings is 2. The Morgan fingerprint density at radius 1 is 1.27 bits per heavy atom. The van der Waals surface area contributed by atoms with Gasteiger partial charge < -0.3 is 9.47 Å². The topological polar surface area (TPSA) is 59.9 Å². The predicted octanol–water partition coefficient (Wildman–Crippen LogP) is 3.67. The number of nitrogens with zero attached hydrogens (tertiary/aromatic N) is 1. The molecule has 1 N–H and O–H groups in total. The zero-order valence-corrected chi connectivity index (χ0v) is 14.3. The maximum Gasteiger partial charge on any atom is 0.308 e. The van der Waals surface area contributed by atoms with Gasteiger partial charge in [0, 0.05) is 6.92 Å². The zero-order chi connectivity index (χ0) is 15.9. The Morgan fingerprint density at radius 2 is 2.00 bits per heavy atom. The lowest BCUT2D eigenvalue weighted by Crippen LogP contribution is -2.05. The van der Waals surface area contributed by atoms with Crippen LogP contribution in [0.4, 0.5) is 5.69 Å². The number of carbonyl (C=O) groups excluding carboxylic acids is 1. The van der Waals surface area contributed by atoms with Gasteiger partial charge in [0.1, 0.15) is 0 Å². The molecule has 0 bridgehead atoms. The number of rotatable bonds is 5. The normalized spacial score (nSPS) is 10.5. The van der Waals surface area contributed by atoms with E-state index in [1.807, 2.05) is 36.4 Å². The molecule has 2 aromatic carbocycles. The van der Waals surface area contributed by atoms with E-state index in [0.29, 0.717) is 11.5 Å². The molecule has 0 atom stereocenters. The van der Waals surface area contributed by atoms with Gasteiger partial charge in [-0.3, -0.25) is 10.2 Å². The minimum atomic E-state index is -0.386. The molecule has 114 valence electrons. The van der Waals surface area contributed by atoms with Crippen LogP contribution in [0.3, 0.4) is 0 Å². The van der Waals surface area contributed by atoms with Crippen LogP contribution >= 0.6 is 22.6 Å². The molecule has 0 aliphatic rings. The second kappa shape index (κ2) is 7.79. The summed E-state index contributed by atoms with van der Waals surface area (Å²) in [5.74, 6) is 0.524. The molecule has 2 aromatic rings. The average molecular weight is 410 g/mol. The molecule has 0 aliphatic heterocycles. The highest BCUT2D eigenvalue weighted by molar-refractivity contribution is 14.1. The summed E-state index contributed by atoms with van der Waals surface area (Å²) in [4.78, 5) is 11.1. The first-order chi connectivity index (χ1) is 10.6. The van der Waals surface area contributed by atoms with Crippen molar-refractivity contribution in [3.8, 4) is 11.5 Å². The number of anilines is 1. The number of esters is 1. The highest BCUT2D eigenvalue weighted by Gasteiger charge is 2.12. The maximum absolute atomic E-state index is 11.1. The van der Waals surface area contributed by atoms with Crippen LogP contribution in [0.1, 0.15) is 12.5 Å². The molecule has 0 amide bonds. The van der Waals surface area contributed by atoms with Crippen LogP contribution in [0, 0.1) is 3.57 Å². The number of hydrogen-bond donors (Lipinski definition) is 1. The molecular formula is C16H15IN2O3. The van der Waals surface area contributed by atoms with Gasteiger partial charge in [-0.15, -0.1) is 0 Å². The molecule has 0 heterocycles. The lowest BCUT2D eigenvalue weighted by atomic mass is 10.2. The first-order valence-electron chi connectivity index (χ1n) is 6.50. The van der Waals surface area contributed by atoms with Crippen molar-refractivity contribution in [1.29, 1.82) is 0 Å². The summed E-state index contributed by atoms with van der Waals surface area (Å²) in [6, 6.07) is 13.3. The molecule has 0 aliphatic carbocycles. The maximum atomic E-state index is 11.1. The molecule has 2 rings (SSSR count). The molecule has 0 aromatic heterocycles. The smallest absolute Gasteiger partial charge is 0.308 e. The van der Waals surface area contributed by atoms with E-state index < -0.39 is 0 Å². The molecule has 0 radical (unpaired) electrons. The molecule has 5 nitrogen and oxygen atoms in total. The second-order valence-electron chi connectivity index (χ2n) is 4.36. The van der Waals surface area contributed by atoms with E-state index in [4.69, 9.17) is 9.47 Å². The van der Waals surface area contributed by atoms with Crippen LogP contribution in [0.5, 0.6) is 11.5 Å². The number of nitrogens with one attached hydrogen (secondary N) is 1. The summed E-state index contributed by atoms with van der Waals surface area (Å²) >= 11 is 2.09. The Labute approximate surface area is 142 Å². The Morgan fingerprint density at radius 3 is 2.64 bits per heavy atom. The Kier molecular flexibility index (Phi) is 5.76. The summed E-state index contributed by atoms with van der Waals surface area (Å²) in [6.07, 6.45) is 1.68. The van der Waals surface area contributed by atoms with Crippen LogP contribution in [-0.4, -0.2) is 19.3 Å². The molecule has 0 saturated carbocycles. The Hall–Kier alpha value is -2.09. The van der Waals surface area contributed by atoms with Gasteiger partial charge >= 0.3 is 5.97 Å². The summed E-state index contributed by atoms with van der Waals surface area (Å²) in [7, 11) is 1.53. The number of carbonyl (C=O) groups is 1. The molecule has 22 heavy (non-hydrogen) atoms. The third-order valence-electron chi connectivity index (χ3n) is 2.68. The Bertz CT molecular complexity index is 687. The standard InChI is InChI=1S/C16H15IN2O3/c1-11(20)22-16-14(17)8-12(9-15(16)21-2)10-18-19-13-6-4-3-5-7-13/h3-10,19H,1-2H3. The van der Waals surface area contributed by atoms with Gasteiger partial charge in [-0.1, -0.05) is 18.2 Å². The number of halogens is 1. The third kappa shape index (κ3) is 4.45. The quantitative estimate of drug-likeness (QED) is 0.269. The van der Waals surface area contributed by atoms with E-state index in [1.54, 1.807) is 12.3 Å². The number of hydrogen-bond acceptors (Lipinski definition) is 5. The van der Waals surface area contributed by atoms with E-state index in [1.165, 1.54) is 14.0 Å². The first-order valence-corrected chi connectivity index (χ1v) is 7.58. The van der Waals surface area contributed by atoms with Crippen LogP contribution < -0.4 is 14.9 Å². The van der Waals surface area contributed by atoms with Crippen molar-refractivity contribution in [2.24, 2.45) is 5.10 Å². The molecule has 0 spiro atoms. The molecule has 0 fully saturated rings. The van der Waals surface area contributed by atoms with Gasteiger partial charge in [0.05, 0.1) is 22.6 Å². The van der Waals surface area contributed by atoms with Gasteiger partial charge in [0.25, 0.3) is 0 Å². The number of methoxy groups -OCH3 is 1. The van der Waals surface area contributed by atoms with E-state index >= 15 is 0 Å². The van der Waals surface area contributed by atoms with E-state index in [2.05, 4.69) is 33.1 Å². The Balaban J connectivity index is 2.18. The summed E-state index contributed by atoms with van der Waals surface area (Å²) in [5, 5.41) is 4.18. The van der Waals surface area contributed by atoms with Gasteiger partial charge in [0.15, 0.2) is 11.5 Å². The SMILES string of the molecule is COc1cc(C=NNc2ccccc2)cc(I)c1OC(C)=O. The minimum absolute atomic E-state index is 0.386. The minimum Gasteiger partial charge on any atom is -0.493 e. The van der Waals surface area contributed by atoms with Crippen LogP contribution in [0.25, 0.3) is 0 Å². The van der Waals surface area contributed by atoms with Crippen molar-refractivity contribution in [2.45, 2.75) is 6.92 Å². The van der Waals surface area contributed by atoms with Crippen molar-refractivity contribution in [1.82, 2.24) is 0 Å². The van der Waals surface area contributed by atoms with Gasteiger partial charge in [0.2, 0.25) is 0 Å². The molecule has 0 saturated heterocycles. The summed E-state index contributed by atoms with van der Waals surface area (Å²) in [5.41, 5.74) is 4.67. The van der Waals surface area contributed by atoms with Crippen LogP contribution in [0.15, 0.2) is 47.6 Å². The second-order valence-corrected chi connectivity index (χ2v) is 5.53. The van der Waals surface area contributed by atoms with Gasteiger partial charge in [-0.05, 0) is 52.4 Å². The highest BCUT2D eigenvalue weighted by atomic mass is 127. The van der Waals surface area contributed by atoms with Crippen molar-refractivity contribution >= 4 is 40.5 Å². The van der Waals surface area contributed by atoms with E-state index in [9.17, 15) is 4.79 Å². The fraction of sp³-hybridized carbons (Fsp3) is 0.125. The fourth-order valence-electron chi connectivity index (χ4n) is 1.75. The van der Waals surface area contributed by atoms with E-state index in [-0.39, 0.29) is 5.97 Å². The summed E-state index contributed by atoms with van der Waals surface area (Å²) in [6.45, 7) is 1.36.